The van der Waals surface area contributed by atoms with Crippen molar-refractivity contribution in [2.75, 3.05) is 5.73 Å². The Morgan fingerprint density at radius 3 is 2.57 bits per heavy atom. The van der Waals surface area contributed by atoms with Gasteiger partial charge in [0.25, 0.3) is 0 Å². The van der Waals surface area contributed by atoms with Gasteiger partial charge >= 0.3 is 13.7 Å². The summed E-state index contributed by atoms with van der Waals surface area (Å²) >= 11 is 0. The van der Waals surface area contributed by atoms with Crippen LogP contribution in [0.25, 0.3) is 21.9 Å². The van der Waals surface area contributed by atoms with Crippen molar-refractivity contribution < 1.29 is 38.1 Å². The molecule has 1 fully saturated rings. The monoisotopic (exact) mass is 600 g/mol. The number of hydrogen-bond acceptors (Lipinski definition) is 12. The van der Waals surface area contributed by atoms with E-state index in [9.17, 15) is 19.6 Å². The number of aromatic nitrogens is 4. The third kappa shape index (κ3) is 5.95. The minimum Gasteiger partial charge on any atom is -0.462 e. The molecule has 14 nitrogen and oxygen atoms in total. The summed E-state index contributed by atoms with van der Waals surface area (Å²) in [5.41, 5.74) is 6.47. The molecule has 0 saturated carbocycles. The van der Waals surface area contributed by atoms with Gasteiger partial charge in [0.1, 0.15) is 41.9 Å². The molecule has 0 bridgehead atoms. The number of esters is 1. The molecular formula is C27H33N6O8P. The summed E-state index contributed by atoms with van der Waals surface area (Å²) < 4.78 is 38.9. The lowest BCUT2D eigenvalue weighted by molar-refractivity contribution is -0.149. The first kappa shape index (κ1) is 29.8. The number of hydrogen-bond donors (Lipinski definition) is 4. The topological polar surface area (TPSA) is 193 Å². The number of rotatable bonds is 10. The van der Waals surface area contributed by atoms with E-state index in [0.29, 0.717) is 10.9 Å². The minimum absolute atomic E-state index is 0.141. The number of nitrogens with one attached hydrogen (secondary N) is 1. The summed E-state index contributed by atoms with van der Waals surface area (Å²) in [5.74, 6) is -0.278. The Bertz CT molecular complexity index is 1630. The SMILES string of the molecule is CC(C)OC(=O)C(C)NP(=O)(Oc1cccc2ccccc12)OC(C)[C@H]1O[C@@H](n2cnc3c(N)ncnc32)[C@H](O)[C@@H]1O. The third-order valence-electron chi connectivity index (χ3n) is 6.73. The van der Waals surface area contributed by atoms with Crippen molar-refractivity contribution in [1.82, 2.24) is 24.6 Å². The highest BCUT2D eigenvalue weighted by Gasteiger charge is 2.49. The Hall–Kier alpha value is -3.65. The van der Waals surface area contributed by atoms with E-state index in [1.54, 1.807) is 32.0 Å². The molecule has 0 aliphatic carbocycles. The highest BCUT2D eigenvalue weighted by Crippen LogP contribution is 2.49. The van der Waals surface area contributed by atoms with Gasteiger partial charge in [0.2, 0.25) is 0 Å². The summed E-state index contributed by atoms with van der Waals surface area (Å²) in [6.45, 7) is 6.36. The van der Waals surface area contributed by atoms with Gasteiger partial charge in [-0.15, -0.1) is 0 Å². The van der Waals surface area contributed by atoms with E-state index in [0.717, 1.165) is 5.39 Å². The van der Waals surface area contributed by atoms with Crippen molar-refractivity contribution in [2.45, 2.75) is 70.5 Å². The molecule has 0 amide bonds. The summed E-state index contributed by atoms with van der Waals surface area (Å²) in [6.07, 6.45) is -4.10. The molecular weight excluding hydrogens is 567 g/mol. The van der Waals surface area contributed by atoms with E-state index in [1.807, 2.05) is 24.3 Å². The number of anilines is 1. The summed E-state index contributed by atoms with van der Waals surface area (Å²) in [4.78, 5) is 24.8. The fourth-order valence-electron chi connectivity index (χ4n) is 4.75. The molecule has 15 heteroatoms. The lowest BCUT2D eigenvalue weighted by Crippen LogP contribution is -2.41. The summed E-state index contributed by atoms with van der Waals surface area (Å²) in [5, 5.41) is 26.0. The van der Waals surface area contributed by atoms with Crippen LogP contribution < -0.4 is 15.3 Å². The minimum atomic E-state index is -4.36. The third-order valence-corrected chi connectivity index (χ3v) is 8.48. The second kappa shape index (κ2) is 11.9. The first-order valence-corrected chi connectivity index (χ1v) is 14.9. The number of fused-ring (bicyclic) bond motifs is 2. The van der Waals surface area contributed by atoms with E-state index in [1.165, 1.54) is 31.1 Å². The van der Waals surface area contributed by atoms with Crippen molar-refractivity contribution in [1.29, 1.82) is 0 Å². The zero-order valence-electron chi connectivity index (χ0n) is 23.4. The number of aliphatic hydroxyl groups is 2. The van der Waals surface area contributed by atoms with E-state index in [4.69, 9.17) is 24.3 Å². The van der Waals surface area contributed by atoms with Crippen molar-refractivity contribution in [3.8, 4) is 5.75 Å². The molecule has 4 aromatic rings. The average molecular weight is 601 g/mol. The fraction of sp³-hybridized carbons (Fsp3) is 0.407. The fourth-order valence-corrected chi connectivity index (χ4v) is 6.46. The smallest absolute Gasteiger partial charge is 0.459 e. The number of imidazole rings is 1. The van der Waals surface area contributed by atoms with Crippen LogP contribution in [0.5, 0.6) is 5.75 Å². The largest absolute Gasteiger partial charge is 0.462 e. The Kier molecular flexibility index (Phi) is 8.46. The van der Waals surface area contributed by atoms with E-state index < -0.39 is 56.5 Å². The van der Waals surface area contributed by atoms with Crippen LogP contribution in [-0.2, 0) is 23.4 Å². The highest BCUT2D eigenvalue weighted by molar-refractivity contribution is 7.52. The molecule has 5 N–H and O–H groups in total. The molecule has 2 aromatic heterocycles. The molecule has 7 atom stereocenters. The predicted molar refractivity (Wildman–Crippen MR) is 152 cm³/mol. The second-order valence-corrected chi connectivity index (χ2v) is 11.9. The standard InChI is InChI=1S/C27H33N6O8P/c1-14(2)38-27(36)15(3)32-42(37,41-19-11-7-9-17-8-5-6-10-18(17)19)40-16(4)23-21(34)22(35)26(39-23)33-13-31-20-24(28)29-12-30-25(20)33/h5-16,21-23,26,34-35H,1-4H3,(H,32,37)(H2,28,29,30)/t15?,16?,21-,22+,23+,26+,42?/m0/s1. The van der Waals surface area contributed by atoms with Crippen LogP contribution in [0.2, 0.25) is 0 Å². The number of carbonyl (C=O) groups excluding carboxylic acids is 1. The lowest BCUT2D eigenvalue weighted by atomic mass is 10.1. The lowest BCUT2D eigenvalue weighted by Gasteiger charge is -2.29. The van der Waals surface area contributed by atoms with Gasteiger partial charge < -0.3 is 29.9 Å². The van der Waals surface area contributed by atoms with Crippen molar-refractivity contribution in [3.63, 3.8) is 0 Å². The van der Waals surface area contributed by atoms with E-state index >= 15 is 0 Å². The van der Waals surface area contributed by atoms with Gasteiger partial charge in [0, 0.05) is 5.39 Å². The number of ether oxygens (including phenoxy) is 2. The van der Waals surface area contributed by atoms with Gasteiger partial charge in [0.15, 0.2) is 17.7 Å². The molecule has 1 aliphatic rings. The number of nitrogen functional groups attached to an aromatic ring is 1. The van der Waals surface area contributed by atoms with Crippen molar-refractivity contribution in [3.05, 3.63) is 55.1 Å². The quantitative estimate of drug-likeness (QED) is 0.153. The van der Waals surface area contributed by atoms with Crippen LogP contribution in [0, 0.1) is 0 Å². The summed E-state index contributed by atoms with van der Waals surface area (Å²) in [7, 11) is -4.36. The van der Waals surface area contributed by atoms with Crippen LogP contribution >= 0.6 is 7.75 Å². The van der Waals surface area contributed by atoms with E-state index in [-0.39, 0.29) is 17.2 Å². The zero-order chi connectivity index (χ0) is 30.2. The maximum Gasteiger partial charge on any atom is 0.459 e. The normalized spacial score (nSPS) is 23.6. The van der Waals surface area contributed by atoms with Gasteiger partial charge in [-0.3, -0.25) is 13.9 Å². The van der Waals surface area contributed by atoms with Crippen LogP contribution in [-0.4, -0.2) is 72.3 Å². The molecule has 3 heterocycles. The average Bonchev–Trinajstić information content (AvgIpc) is 3.50. The van der Waals surface area contributed by atoms with Gasteiger partial charge in [-0.1, -0.05) is 36.4 Å². The zero-order valence-corrected chi connectivity index (χ0v) is 24.3. The first-order chi connectivity index (χ1) is 20.0. The molecule has 5 rings (SSSR count). The number of aliphatic hydroxyl groups excluding tert-OH is 2. The van der Waals surface area contributed by atoms with Crippen LogP contribution in [0.15, 0.2) is 55.1 Å². The maximum atomic E-state index is 14.3. The number of carbonyl (C=O) groups is 1. The van der Waals surface area contributed by atoms with Crippen LogP contribution in [0.3, 0.4) is 0 Å². The molecule has 0 spiro atoms. The number of benzene rings is 2. The van der Waals surface area contributed by atoms with Gasteiger partial charge in [-0.05, 0) is 39.1 Å². The molecule has 0 radical (unpaired) electrons. The molecule has 224 valence electrons. The molecule has 42 heavy (non-hydrogen) atoms. The van der Waals surface area contributed by atoms with Gasteiger partial charge in [-0.2, -0.15) is 5.09 Å². The Morgan fingerprint density at radius 1 is 1.07 bits per heavy atom. The van der Waals surface area contributed by atoms with Crippen molar-refractivity contribution in [2.24, 2.45) is 0 Å². The first-order valence-electron chi connectivity index (χ1n) is 13.4. The molecule has 3 unspecified atom stereocenters. The molecule has 1 aliphatic heterocycles. The number of nitrogens with zero attached hydrogens (tertiary/aromatic N) is 4. The Balaban J connectivity index is 1.42. The summed E-state index contributed by atoms with van der Waals surface area (Å²) in [6, 6.07) is 11.5. The van der Waals surface area contributed by atoms with Gasteiger partial charge in [-0.25, -0.2) is 19.5 Å². The highest BCUT2D eigenvalue weighted by atomic mass is 31.2. The van der Waals surface area contributed by atoms with Crippen LogP contribution in [0.4, 0.5) is 5.82 Å². The second-order valence-electron chi connectivity index (χ2n) is 10.3. The Labute approximate surface area is 241 Å². The number of nitrogens with two attached hydrogens (primary N) is 1. The molecule has 2 aromatic carbocycles. The predicted octanol–water partition coefficient (Wildman–Crippen LogP) is 2.70. The van der Waals surface area contributed by atoms with Crippen LogP contribution in [0.1, 0.15) is 33.9 Å². The van der Waals surface area contributed by atoms with Crippen molar-refractivity contribution >= 4 is 41.5 Å². The van der Waals surface area contributed by atoms with Gasteiger partial charge in [0.05, 0.1) is 18.5 Å². The maximum absolute atomic E-state index is 14.3. The molecule has 1 saturated heterocycles. The van der Waals surface area contributed by atoms with E-state index in [2.05, 4.69) is 20.0 Å². The Morgan fingerprint density at radius 2 is 1.81 bits per heavy atom.